The van der Waals surface area contributed by atoms with Gasteiger partial charge in [-0.25, -0.2) is 0 Å². The van der Waals surface area contributed by atoms with E-state index in [1.54, 1.807) is 28.4 Å². The SMILES string of the molecule is COc1ccc2cc3ccc2c1-c1c(OC)ccc2cc(ccc12)C#Cc1ccc2c(c(OC)ccc2c1)-c1c(OC)ccc2cc(ccc12)C#C3. The summed E-state index contributed by atoms with van der Waals surface area (Å²) in [4.78, 5) is 0. The second-order valence-electron chi connectivity index (χ2n) is 12.8. The predicted octanol–water partition coefficient (Wildman–Crippen LogP) is 10.8. The molecule has 0 aromatic heterocycles. The van der Waals surface area contributed by atoms with Crippen LogP contribution in [0.3, 0.4) is 0 Å². The smallest absolute Gasteiger partial charge is 0.127 e. The number of benzene rings is 8. The highest BCUT2D eigenvalue weighted by Gasteiger charge is 2.20. The lowest BCUT2D eigenvalue weighted by Gasteiger charge is -2.18. The molecule has 0 saturated carbocycles. The van der Waals surface area contributed by atoms with Gasteiger partial charge in [0.05, 0.1) is 28.4 Å². The highest BCUT2D eigenvalue weighted by Crippen LogP contribution is 2.47. The highest BCUT2D eigenvalue weighted by atomic mass is 16.5. The summed E-state index contributed by atoms with van der Waals surface area (Å²) in [6.07, 6.45) is 0. The van der Waals surface area contributed by atoms with Gasteiger partial charge in [-0.15, -0.1) is 0 Å². The minimum atomic E-state index is 0.770. The number of ether oxygens (including phenoxy) is 4. The van der Waals surface area contributed by atoms with E-state index in [0.717, 1.165) is 111 Å². The Morgan fingerprint density at radius 1 is 0.288 bits per heavy atom. The zero-order chi connectivity index (χ0) is 35.3. The van der Waals surface area contributed by atoms with Gasteiger partial charge in [-0.3, -0.25) is 0 Å². The molecule has 0 aliphatic heterocycles. The molecule has 0 spiro atoms. The number of methoxy groups -OCH3 is 4. The van der Waals surface area contributed by atoms with Gasteiger partial charge in [0.15, 0.2) is 0 Å². The zero-order valence-electron chi connectivity index (χ0n) is 29.2. The summed E-state index contributed by atoms with van der Waals surface area (Å²) in [5, 5.41) is 8.44. The van der Waals surface area contributed by atoms with Crippen LogP contribution in [0.15, 0.2) is 121 Å². The van der Waals surface area contributed by atoms with Crippen LogP contribution in [0.25, 0.3) is 65.3 Å². The van der Waals surface area contributed by atoms with Crippen LogP contribution >= 0.6 is 0 Å². The van der Waals surface area contributed by atoms with Crippen LogP contribution in [0.5, 0.6) is 23.0 Å². The van der Waals surface area contributed by atoms with E-state index in [-0.39, 0.29) is 0 Å². The first-order valence-electron chi connectivity index (χ1n) is 17.0. The summed E-state index contributed by atoms with van der Waals surface area (Å²) < 4.78 is 23.9. The Balaban J connectivity index is 1.35. The average molecular weight is 673 g/mol. The van der Waals surface area contributed by atoms with Crippen molar-refractivity contribution in [1.29, 1.82) is 0 Å². The van der Waals surface area contributed by atoms with Crippen LogP contribution in [0, 0.1) is 23.7 Å². The van der Waals surface area contributed by atoms with Gasteiger partial charge >= 0.3 is 0 Å². The van der Waals surface area contributed by atoms with E-state index in [2.05, 4.69) is 121 Å². The molecule has 8 aromatic carbocycles. The Morgan fingerprint density at radius 3 is 0.731 bits per heavy atom. The van der Waals surface area contributed by atoms with Crippen molar-refractivity contribution in [3.05, 3.63) is 144 Å². The van der Waals surface area contributed by atoms with Crippen LogP contribution in [-0.4, -0.2) is 28.4 Å². The third-order valence-corrected chi connectivity index (χ3v) is 10.0. The molecular weight excluding hydrogens is 641 g/mol. The fourth-order valence-electron chi connectivity index (χ4n) is 7.55. The lowest BCUT2D eigenvalue weighted by molar-refractivity contribution is 0.411. The van der Waals surface area contributed by atoms with Crippen molar-refractivity contribution in [2.24, 2.45) is 0 Å². The monoisotopic (exact) mass is 672 g/mol. The quantitative estimate of drug-likeness (QED) is 0.174. The first-order chi connectivity index (χ1) is 25.6. The summed E-state index contributed by atoms with van der Waals surface area (Å²) in [6.45, 7) is 0. The van der Waals surface area contributed by atoms with Crippen LogP contribution in [0.4, 0.5) is 0 Å². The average Bonchev–Trinajstić information content (AvgIpc) is 3.19. The lowest BCUT2D eigenvalue weighted by Crippen LogP contribution is -1.95. The Kier molecular flexibility index (Phi) is 7.46. The number of hydrogen-bond acceptors (Lipinski definition) is 4. The summed E-state index contributed by atoms with van der Waals surface area (Å²) in [7, 11) is 6.84. The van der Waals surface area contributed by atoms with Gasteiger partial charge in [0.1, 0.15) is 23.0 Å². The molecule has 0 unspecified atom stereocenters. The Bertz CT molecular complexity index is 2520. The van der Waals surface area contributed by atoms with Gasteiger partial charge in [0, 0.05) is 44.5 Å². The van der Waals surface area contributed by atoms with Crippen molar-refractivity contribution in [3.63, 3.8) is 0 Å². The van der Waals surface area contributed by atoms with Crippen molar-refractivity contribution in [2.75, 3.05) is 28.4 Å². The van der Waals surface area contributed by atoms with Gasteiger partial charge in [-0.05, 0) is 116 Å². The normalized spacial score (nSPS) is 11.5. The third kappa shape index (κ3) is 5.05. The van der Waals surface area contributed by atoms with Crippen LogP contribution in [-0.2, 0) is 0 Å². The van der Waals surface area contributed by atoms with Gasteiger partial charge in [-0.2, -0.15) is 0 Å². The molecule has 4 nitrogen and oxygen atoms in total. The number of rotatable bonds is 4. The zero-order valence-corrected chi connectivity index (χ0v) is 29.2. The molecule has 0 amide bonds. The fourth-order valence-corrected chi connectivity index (χ4v) is 7.55. The second kappa shape index (κ2) is 12.5. The lowest BCUT2D eigenvalue weighted by atomic mass is 9.90. The van der Waals surface area contributed by atoms with Crippen molar-refractivity contribution in [1.82, 2.24) is 0 Å². The summed E-state index contributed by atoms with van der Waals surface area (Å²) >= 11 is 0. The molecule has 0 heterocycles. The Morgan fingerprint density at radius 2 is 0.519 bits per heavy atom. The van der Waals surface area contributed by atoms with Crippen molar-refractivity contribution < 1.29 is 18.9 Å². The summed E-state index contributed by atoms with van der Waals surface area (Å²) in [6, 6.07) is 41.8. The maximum Gasteiger partial charge on any atom is 0.127 e. The molecule has 8 aromatic rings. The molecule has 52 heavy (non-hydrogen) atoms. The van der Waals surface area contributed by atoms with Gasteiger partial charge < -0.3 is 18.9 Å². The minimum Gasteiger partial charge on any atom is -0.496 e. The van der Waals surface area contributed by atoms with E-state index in [1.807, 2.05) is 24.3 Å². The molecule has 12 aliphatic rings. The van der Waals surface area contributed by atoms with E-state index >= 15 is 0 Å². The van der Waals surface area contributed by atoms with Crippen LogP contribution in [0.1, 0.15) is 22.3 Å². The van der Waals surface area contributed by atoms with E-state index in [4.69, 9.17) is 18.9 Å². The Labute approximate surface area is 302 Å². The topological polar surface area (TPSA) is 36.9 Å². The van der Waals surface area contributed by atoms with Gasteiger partial charge in [0.2, 0.25) is 0 Å². The molecule has 0 N–H and O–H groups in total. The maximum absolute atomic E-state index is 5.98. The van der Waals surface area contributed by atoms with E-state index < -0.39 is 0 Å². The van der Waals surface area contributed by atoms with Crippen molar-refractivity contribution >= 4 is 43.1 Å². The second-order valence-corrected chi connectivity index (χ2v) is 12.8. The first kappa shape index (κ1) is 31.1. The first-order valence-corrected chi connectivity index (χ1v) is 17.0. The Hall–Kier alpha value is -6.88. The minimum absolute atomic E-state index is 0.770. The molecule has 0 saturated heterocycles. The number of hydrogen-bond donors (Lipinski definition) is 0. The highest BCUT2D eigenvalue weighted by molar-refractivity contribution is 6.11. The molecule has 12 aliphatic carbocycles. The summed E-state index contributed by atoms with van der Waals surface area (Å²) in [5.74, 6) is 16.8. The van der Waals surface area contributed by atoms with Crippen molar-refractivity contribution in [3.8, 4) is 68.9 Å². The van der Waals surface area contributed by atoms with E-state index in [9.17, 15) is 0 Å². The molecule has 0 radical (unpaired) electrons. The standard InChI is InChI=1S/C48H32O4/c1-49-41-21-13-33-25-29-5-6-31-11-19-39-35(27-31)15-23-43(51-3)47(39)48-40-20-12-32(28-36(40)16-24-44(48)52-4)8-7-30-10-18-38-34(26-30)14-22-42(50-2)46(38)45(41)37(33)17-9-29/h9-28H,1-4H3. The largest absolute Gasteiger partial charge is 0.496 e. The fraction of sp³-hybridized carbons (Fsp3) is 0.0833. The van der Waals surface area contributed by atoms with Gasteiger partial charge in [-0.1, -0.05) is 72.2 Å². The molecular formula is C48H32O4. The maximum atomic E-state index is 5.98. The molecule has 20 rings (SSSR count). The molecule has 0 fully saturated rings. The van der Waals surface area contributed by atoms with Crippen molar-refractivity contribution in [2.45, 2.75) is 0 Å². The summed E-state index contributed by atoms with van der Waals surface area (Å²) in [5.41, 5.74) is 7.57. The van der Waals surface area contributed by atoms with Gasteiger partial charge in [0.25, 0.3) is 0 Å². The molecule has 0 atom stereocenters. The van der Waals surface area contributed by atoms with Crippen LogP contribution in [0.2, 0.25) is 0 Å². The van der Waals surface area contributed by atoms with E-state index in [1.165, 1.54) is 0 Å². The van der Waals surface area contributed by atoms with E-state index in [0.29, 0.717) is 0 Å². The van der Waals surface area contributed by atoms with Crippen LogP contribution < -0.4 is 18.9 Å². The molecule has 248 valence electrons. The molecule has 4 heteroatoms. The molecule has 16 bridgehead atoms. The predicted molar refractivity (Wildman–Crippen MR) is 212 cm³/mol. The third-order valence-electron chi connectivity index (χ3n) is 10.0.